The molecule has 1 saturated heterocycles. The molecular weight excluding hydrogens is 292 g/mol. The van der Waals surface area contributed by atoms with Crippen LogP contribution in [-0.4, -0.2) is 30.1 Å². The van der Waals surface area contributed by atoms with E-state index in [0.717, 1.165) is 44.5 Å². The first-order valence-electron chi connectivity index (χ1n) is 8.54. The molecular formula is C18H26N2O3. The summed E-state index contributed by atoms with van der Waals surface area (Å²) < 4.78 is 0. The maximum Gasteiger partial charge on any atom is 0.335 e. The molecule has 1 aliphatic rings. The van der Waals surface area contributed by atoms with Crippen LogP contribution in [0, 0.1) is 0 Å². The van der Waals surface area contributed by atoms with Crippen molar-refractivity contribution in [2.75, 3.05) is 23.3 Å². The summed E-state index contributed by atoms with van der Waals surface area (Å²) in [4.78, 5) is 25.6. The first kappa shape index (κ1) is 17.3. The van der Waals surface area contributed by atoms with Crippen LogP contribution in [0.2, 0.25) is 0 Å². The first-order valence-corrected chi connectivity index (χ1v) is 8.54. The van der Waals surface area contributed by atoms with Gasteiger partial charge in [0.05, 0.1) is 16.9 Å². The molecule has 0 atom stereocenters. The van der Waals surface area contributed by atoms with Gasteiger partial charge in [-0.3, -0.25) is 4.79 Å². The summed E-state index contributed by atoms with van der Waals surface area (Å²) in [7, 11) is 0. The zero-order chi connectivity index (χ0) is 16.7. The first-order chi connectivity index (χ1) is 11.1. The molecule has 23 heavy (non-hydrogen) atoms. The number of carboxylic acid groups (broad SMARTS) is 1. The number of carbonyl (C=O) groups excluding carboxylic acids is 1. The number of benzene rings is 1. The molecule has 0 saturated carbocycles. The van der Waals surface area contributed by atoms with Gasteiger partial charge >= 0.3 is 5.97 Å². The van der Waals surface area contributed by atoms with Crippen LogP contribution in [0.4, 0.5) is 11.4 Å². The molecule has 2 rings (SSSR count). The Morgan fingerprint density at radius 1 is 1.17 bits per heavy atom. The van der Waals surface area contributed by atoms with Crippen molar-refractivity contribution in [3.63, 3.8) is 0 Å². The second-order valence-corrected chi connectivity index (χ2v) is 6.09. The minimum absolute atomic E-state index is 0.0505. The summed E-state index contributed by atoms with van der Waals surface area (Å²) in [5.74, 6) is -1.03. The van der Waals surface area contributed by atoms with Crippen molar-refractivity contribution >= 4 is 23.3 Å². The van der Waals surface area contributed by atoms with E-state index in [1.165, 1.54) is 12.8 Å². The summed E-state index contributed by atoms with van der Waals surface area (Å²) in [5.41, 5.74) is 1.75. The van der Waals surface area contributed by atoms with E-state index in [-0.39, 0.29) is 11.5 Å². The van der Waals surface area contributed by atoms with E-state index >= 15 is 0 Å². The van der Waals surface area contributed by atoms with E-state index in [0.29, 0.717) is 12.1 Å². The fraction of sp³-hybridized carbons (Fsp3) is 0.556. The lowest BCUT2D eigenvalue weighted by Gasteiger charge is -2.26. The van der Waals surface area contributed by atoms with Crippen LogP contribution in [0.1, 0.15) is 62.2 Å². The predicted molar refractivity (Wildman–Crippen MR) is 92.2 cm³/mol. The molecule has 0 aromatic heterocycles. The van der Waals surface area contributed by atoms with Crippen LogP contribution < -0.4 is 10.2 Å². The summed E-state index contributed by atoms with van der Waals surface area (Å²) in [5, 5.41) is 12.1. The Balaban J connectivity index is 2.24. The largest absolute Gasteiger partial charge is 0.478 e. The standard InChI is InChI=1S/C18H26N2O3/c1-2-3-8-17(21)19-15-13-14(18(22)23)9-10-16(15)20-11-6-4-5-7-12-20/h9-10,13H,2-8,11-12H2,1H3,(H,19,21)(H,22,23). The van der Waals surface area contributed by atoms with Gasteiger partial charge < -0.3 is 15.3 Å². The molecule has 0 radical (unpaired) electrons. The van der Waals surface area contributed by atoms with Crippen molar-refractivity contribution < 1.29 is 14.7 Å². The van der Waals surface area contributed by atoms with Gasteiger partial charge in [-0.2, -0.15) is 0 Å². The van der Waals surface area contributed by atoms with Crippen LogP contribution in [0.15, 0.2) is 18.2 Å². The van der Waals surface area contributed by atoms with Gasteiger partial charge in [0.25, 0.3) is 0 Å². The lowest BCUT2D eigenvalue weighted by molar-refractivity contribution is -0.116. The van der Waals surface area contributed by atoms with E-state index in [4.69, 9.17) is 0 Å². The highest BCUT2D eigenvalue weighted by molar-refractivity contribution is 5.97. The second-order valence-electron chi connectivity index (χ2n) is 6.09. The third kappa shape index (κ3) is 4.98. The molecule has 1 aromatic carbocycles. The summed E-state index contributed by atoms with van der Waals surface area (Å²) >= 11 is 0. The molecule has 0 unspecified atom stereocenters. The quantitative estimate of drug-likeness (QED) is 0.835. The highest BCUT2D eigenvalue weighted by Crippen LogP contribution is 2.29. The second kappa shape index (κ2) is 8.56. The Hall–Kier alpha value is -2.04. The molecule has 1 fully saturated rings. The number of carboxylic acids is 1. The van der Waals surface area contributed by atoms with Gasteiger partial charge in [-0.05, 0) is 37.5 Å². The fourth-order valence-electron chi connectivity index (χ4n) is 2.91. The van der Waals surface area contributed by atoms with Crippen LogP contribution in [-0.2, 0) is 4.79 Å². The minimum Gasteiger partial charge on any atom is -0.478 e. The van der Waals surface area contributed by atoms with Gasteiger partial charge in [0.1, 0.15) is 0 Å². The van der Waals surface area contributed by atoms with E-state index in [1.807, 2.05) is 13.0 Å². The number of rotatable bonds is 6. The number of hydrogen-bond acceptors (Lipinski definition) is 3. The smallest absolute Gasteiger partial charge is 0.335 e. The molecule has 1 heterocycles. The molecule has 0 bridgehead atoms. The molecule has 0 spiro atoms. The molecule has 1 amide bonds. The fourth-order valence-corrected chi connectivity index (χ4v) is 2.91. The third-order valence-corrected chi connectivity index (χ3v) is 4.22. The van der Waals surface area contributed by atoms with Crippen LogP contribution >= 0.6 is 0 Å². The normalized spacial score (nSPS) is 15.1. The Labute approximate surface area is 137 Å². The highest BCUT2D eigenvalue weighted by atomic mass is 16.4. The number of carbonyl (C=O) groups is 2. The van der Waals surface area contributed by atoms with Gasteiger partial charge in [-0.25, -0.2) is 4.79 Å². The van der Waals surface area contributed by atoms with Crippen LogP contribution in [0.25, 0.3) is 0 Å². The van der Waals surface area contributed by atoms with Crippen LogP contribution in [0.3, 0.4) is 0 Å². The van der Waals surface area contributed by atoms with E-state index in [2.05, 4.69) is 10.2 Å². The molecule has 1 aliphatic heterocycles. The molecule has 1 aromatic rings. The van der Waals surface area contributed by atoms with Crippen molar-refractivity contribution in [2.24, 2.45) is 0 Å². The number of unbranched alkanes of at least 4 members (excludes halogenated alkanes) is 1. The highest BCUT2D eigenvalue weighted by Gasteiger charge is 2.17. The van der Waals surface area contributed by atoms with Gasteiger partial charge in [0.15, 0.2) is 0 Å². The zero-order valence-electron chi connectivity index (χ0n) is 13.8. The Kier molecular flexibility index (Phi) is 6.44. The number of nitrogens with zero attached hydrogens (tertiary/aromatic N) is 1. The van der Waals surface area contributed by atoms with Crippen molar-refractivity contribution in [1.82, 2.24) is 0 Å². The van der Waals surface area contributed by atoms with Gasteiger partial charge in [0.2, 0.25) is 5.91 Å². The van der Waals surface area contributed by atoms with E-state index < -0.39 is 5.97 Å². The van der Waals surface area contributed by atoms with Crippen molar-refractivity contribution in [3.05, 3.63) is 23.8 Å². The predicted octanol–water partition coefficient (Wildman–Crippen LogP) is 3.89. The topological polar surface area (TPSA) is 69.6 Å². The maximum absolute atomic E-state index is 12.1. The number of anilines is 2. The monoisotopic (exact) mass is 318 g/mol. The SMILES string of the molecule is CCCCC(=O)Nc1cc(C(=O)O)ccc1N1CCCCCC1. The molecule has 126 valence electrons. The molecule has 5 nitrogen and oxygen atoms in total. The minimum atomic E-state index is -0.975. The average Bonchev–Trinajstić information content (AvgIpc) is 2.82. The molecule has 5 heteroatoms. The number of nitrogens with one attached hydrogen (secondary N) is 1. The van der Waals surface area contributed by atoms with Gasteiger partial charge in [0, 0.05) is 19.5 Å². The van der Waals surface area contributed by atoms with Crippen molar-refractivity contribution in [3.8, 4) is 0 Å². The van der Waals surface area contributed by atoms with E-state index in [9.17, 15) is 14.7 Å². The lowest BCUT2D eigenvalue weighted by atomic mass is 10.1. The Morgan fingerprint density at radius 3 is 2.48 bits per heavy atom. The van der Waals surface area contributed by atoms with Crippen molar-refractivity contribution in [1.29, 1.82) is 0 Å². The number of aromatic carboxylic acids is 1. The molecule has 2 N–H and O–H groups in total. The zero-order valence-corrected chi connectivity index (χ0v) is 13.8. The average molecular weight is 318 g/mol. The Morgan fingerprint density at radius 2 is 1.87 bits per heavy atom. The number of amides is 1. The Bertz CT molecular complexity index is 549. The summed E-state index contributed by atoms with van der Waals surface area (Å²) in [6.07, 6.45) is 6.97. The van der Waals surface area contributed by atoms with Crippen molar-refractivity contribution in [2.45, 2.75) is 51.9 Å². The van der Waals surface area contributed by atoms with Gasteiger partial charge in [-0.1, -0.05) is 26.2 Å². The maximum atomic E-state index is 12.1. The molecule has 0 aliphatic carbocycles. The van der Waals surface area contributed by atoms with Crippen LogP contribution in [0.5, 0.6) is 0 Å². The number of hydrogen-bond donors (Lipinski definition) is 2. The third-order valence-electron chi connectivity index (χ3n) is 4.22. The summed E-state index contributed by atoms with van der Waals surface area (Å²) in [6.45, 7) is 3.94. The van der Waals surface area contributed by atoms with Gasteiger partial charge in [-0.15, -0.1) is 0 Å². The summed E-state index contributed by atoms with van der Waals surface area (Å²) in [6, 6.07) is 5.01. The lowest BCUT2D eigenvalue weighted by Crippen LogP contribution is -2.26. The van der Waals surface area contributed by atoms with E-state index in [1.54, 1.807) is 12.1 Å².